The van der Waals surface area contributed by atoms with Crippen LogP contribution in [0.3, 0.4) is 0 Å². The van der Waals surface area contributed by atoms with Crippen molar-refractivity contribution in [2.75, 3.05) is 17.9 Å². The van der Waals surface area contributed by atoms with Gasteiger partial charge in [-0.25, -0.2) is 12.8 Å². The number of amides is 2. The van der Waals surface area contributed by atoms with Crippen LogP contribution in [0, 0.1) is 5.82 Å². The van der Waals surface area contributed by atoms with E-state index in [0.717, 1.165) is 22.5 Å². The lowest BCUT2D eigenvalue weighted by Gasteiger charge is -2.21. The SMILES string of the molecule is CN(c1ccc(F)cc1)S(=O)(=O)c1ccc(Cl)c(C(=O)NCC(=O)NC(C)(C)C)c1. The van der Waals surface area contributed by atoms with Crippen molar-refractivity contribution < 1.29 is 22.4 Å². The Morgan fingerprint density at radius 1 is 1.10 bits per heavy atom. The van der Waals surface area contributed by atoms with Gasteiger partial charge in [0.15, 0.2) is 0 Å². The van der Waals surface area contributed by atoms with Gasteiger partial charge < -0.3 is 10.6 Å². The molecule has 2 aromatic carbocycles. The van der Waals surface area contributed by atoms with Crippen molar-refractivity contribution in [3.05, 3.63) is 58.9 Å². The maximum Gasteiger partial charge on any atom is 0.264 e. The van der Waals surface area contributed by atoms with Crippen LogP contribution in [0.2, 0.25) is 5.02 Å². The molecule has 0 aliphatic rings. The van der Waals surface area contributed by atoms with E-state index in [1.165, 1.54) is 31.3 Å². The molecule has 0 heterocycles. The molecular weight excluding hydrogens is 433 g/mol. The van der Waals surface area contributed by atoms with E-state index in [2.05, 4.69) is 10.6 Å². The first-order chi connectivity index (χ1) is 13.8. The lowest BCUT2D eigenvalue weighted by atomic mass is 10.1. The van der Waals surface area contributed by atoms with Crippen LogP contribution in [0.5, 0.6) is 0 Å². The number of sulfonamides is 1. The van der Waals surface area contributed by atoms with Gasteiger partial charge in [-0.3, -0.25) is 13.9 Å². The van der Waals surface area contributed by atoms with E-state index in [9.17, 15) is 22.4 Å². The Kier molecular flexibility index (Phi) is 7.10. The van der Waals surface area contributed by atoms with Crippen molar-refractivity contribution in [3.63, 3.8) is 0 Å². The third-order valence-corrected chi connectivity index (χ3v) is 6.07. The van der Waals surface area contributed by atoms with Gasteiger partial charge in [0.25, 0.3) is 15.9 Å². The zero-order valence-electron chi connectivity index (χ0n) is 17.0. The Labute approximate surface area is 180 Å². The Balaban J connectivity index is 2.24. The molecule has 0 radical (unpaired) electrons. The molecule has 0 spiro atoms. The van der Waals surface area contributed by atoms with Gasteiger partial charge in [0.1, 0.15) is 5.82 Å². The molecule has 7 nitrogen and oxygen atoms in total. The van der Waals surface area contributed by atoms with Gasteiger partial charge in [0.2, 0.25) is 5.91 Å². The monoisotopic (exact) mass is 455 g/mol. The van der Waals surface area contributed by atoms with E-state index in [0.29, 0.717) is 0 Å². The minimum atomic E-state index is -4.04. The summed E-state index contributed by atoms with van der Waals surface area (Å²) in [6, 6.07) is 8.62. The lowest BCUT2D eigenvalue weighted by molar-refractivity contribution is -0.121. The molecule has 2 aromatic rings. The number of carbonyl (C=O) groups excluding carboxylic acids is 2. The fourth-order valence-corrected chi connectivity index (χ4v) is 3.93. The average Bonchev–Trinajstić information content (AvgIpc) is 2.65. The number of benzene rings is 2. The Bertz CT molecular complexity index is 1050. The standard InChI is InChI=1S/C20H23ClFN3O4S/c1-20(2,3)24-18(26)12-23-19(27)16-11-15(9-10-17(16)21)30(28,29)25(4)14-7-5-13(22)6-8-14/h5-11H,12H2,1-4H3,(H,23,27)(H,24,26). The summed E-state index contributed by atoms with van der Waals surface area (Å²) in [7, 11) is -2.73. The largest absolute Gasteiger partial charge is 0.350 e. The molecule has 162 valence electrons. The highest BCUT2D eigenvalue weighted by molar-refractivity contribution is 7.92. The van der Waals surface area contributed by atoms with Crippen LogP contribution in [0.15, 0.2) is 47.4 Å². The summed E-state index contributed by atoms with van der Waals surface area (Å²) < 4.78 is 39.9. The summed E-state index contributed by atoms with van der Waals surface area (Å²) in [5.41, 5.74) is -0.303. The summed E-state index contributed by atoms with van der Waals surface area (Å²) in [5, 5.41) is 5.15. The van der Waals surface area contributed by atoms with E-state index in [1.807, 2.05) is 0 Å². The number of carbonyl (C=O) groups is 2. The highest BCUT2D eigenvalue weighted by atomic mass is 35.5. The minimum absolute atomic E-state index is 0.0344. The molecule has 0 saturated heterocycles. The van der Waals surface area contributed by atoms with Crippen molar-refractivity contribution in [1.29, 1.82) is 0 Å². The highest BCUT2D eigenvalue weighted by Gasteiger charge is 2.24. The maximum atomic E-state index is 13.1. The third-order valence-electron chi connectivity index (χ3n) is 3.96. The minimum Gasteiger partial charge on any atom is -0.350 e. The van der Waals surface area contributed by atoms with E-state index in [4.69, 9.17) is 11.6 Å². The van der Waals surface area contributed by atoms with Gasteiger partial charge >= 0.3 is 0 Å². The molecule has 0 unspecified atom stereocenters. The van der Waals surface area contributed by atoms with E-state index < -0.39 is 33.2 Å². The van der Waals surface area contributed by atoms with Gasteiger partial charge in [0.05, 0.1) is 27.7 Å². The van der Waals surface area contributed by atoms with Crippen LogP contribution in [0.4, 0.5) is 10.1 Å². The molecule has 2 rings (SSSR count). The molecule has 2 N–H and O–H groups in total. The van der Waals surface area contributed by atoms with Gasteiger partial charge in [-0.1, -0.05) is 11.6 Å². The first-order valence-corrected chi connectivity index (χ1v) is 10.8. The van der Waals surface area contributed by atoms with Crippen LogP contribution in [0.25, 0.3) is 0 Å². The third kappa shape index (κ3) is 5.93. The average molecular weight is 456 g/mol. The number of nitrogens with one attached hydrogen (secondary N) is 2. The van der Waals surface area contributed by atoms with Crippen molar-refractivity contribution in [2.24, 2.45) is 0 Å². The normalized spacial score (nSPS) is 11.7. The van der Waals surface area contributed by atoms with Crippen LogP contribution in [-0.4, -0.2) is 39.4 Å². The van der Waals surface area contributed by atoms with E-state index in [1.54, 1.807) is 20.8 Å². The smallest absolute Gasteiger partial charge is 0.264 e. The highest BCUT2D eigenvalue weighted by Crippen LogP contribution is 2.26. The molecule has 0 aliphatic carbocycles. The van der Waals surface area contributed by atoms with Crippen molar-refractivity contribution >= 4 is 39.1 Å². The second kappa shape index (κ2) is 9.01. The second-order valence-corrected chi connectivity index (χ2v) is 9.95. The van der Waals surface area contributed by atoms with Gasteiger partial charge in [-0.2, -0.15) is 0 Å². The van der Waals surface area contributed by atoms with E-state index >= 15 is 0 Å². The van der Waals surface area contributed by atoms with Crippen LogP contribution in [0.1, 0.15) is 31.1 Å². The number of rotatable bonds is 6. The summed E-state index contributed by atoms with van der Waals surface area (Å²) >= 11 is 6.07. The molecule has 30 heavy (non-hydrogen) atoms. The fourth-order valence-electron chi connectivity index (χ4n) is 2.50. The molecule has 0 saturated carbocycles. The summed E-state index contributed by atoms with van der Waals surface area (Å²) in [6.07, 6.45) is 0. The Morgan fingerprint density at radius 3 is 2.27 bits per heavy atom. The van der Waals surface area contributed by atoms with Crippen LogP contribution in [-0.2, 0) is 14.8 Å². The Hall–Kier alpha value is -2.65. The summed E-state index contributed by atoms with van der Waals surface area (Å²) in [4.78, 5) is 24.2. The fraction of sp³-hybridized carbons (Fsp3) is 0.300. The van der Waals surface area contributed by atoms with Crippen molar-refractivity contribution in [3.8, 4) is 0 Å². The summed E-state index contributed by atoms with van der Waals surface area (Å²) in [5.74, 6) is -1.58. The van der Waals surface area contributed by atoms with Crippen LogP contribution < -0.4 is 14.9 Å². The summed E-state index contributed by atoms with van der Waals surface area (Å²) in [6.45, 7) is 5.11. The molecule has 0 fully saturated rings. The van der Waals surface area contributed by atoms with Gasteiger partial charge in [-0.05, 0) is 63.2 Å². The van der Waals surface area contributed by atoms with Crippen LogP contribution >= 0.6 is 11.6 Å². The predicted octanol–water partition coefficient (Wildman–Crippen LogP) is 2.95. The Morgan fingerprint density at radius 2 is 1.70 bits per heavy atom. The van der Waals surface area contributed by atoms with Crippen molar-refractivity contribution in [2.45, 2.75) is 31.2 Å². The molecule has 0 bridgehead atoms. The number of anilines is 1. The number of nitrogens with zero attached hydrogens (tertiary/aromatic N) is 1. The number of hydrogen-bond donors (Lipinski definition) is 2. The van der Waals surface area contributed by atoms with Gasteiger partial charge in [-0.15, -0.1) is 0 Å². The lowest BCUT2D eigenvalue weighted by Crippen LogP contribution is -2.45. The quantitative estimate of drug-likeness (QED) is 0.700. The zero-order valence-corrected chi connectivity index (χ0v) is 18.6. The van der Waals surface area contributed by atoms with E-state index in [-0.39, 0.29) is 27.7 Å². The molecule has 2 amide bonds. The van der Waals surface area contributed by atoms with Crippen molar-refractivity contribution in [1.82, 2.24) is 10.6 Å². The molecule has 0 aromatic heterocycles. The molecule has 0 atom stereocenters. The predicted molar refractivity (Wildman–Crippen MR) is 114 cm³/mol. The second-order valence-electron chi connectivity index (χ2n) is 7.57. The number of halogens is 2. The topological polar surface area (TPSA) is 95.6 Å². The molecule has 10 heteroatoms. The maximum absolute atomic E-state index is 13.1. The molecular formula is C20H23ClFN3O4S. The zero-order chi connectivity index (χ0) is 22.7. The first-order valence-electron chi connectivity index (χ1n) is 8.94. The first kappa shape index (κ1) is 23.6. The number of hydrogen-bond acceptors (Lipinski definition) is 4. The van der Waals surface area contributed by atoms with Gasteiger partial charge in [0, 0.05) is 12.6 Å². The molecule has 0 aliphatic heterocycles.